The monoisotopic (exact) mass is 378 g/mol. The molecule has 27 heavy (non-hydrogen) atoms. The molecule has 1 amide bonds. The van der Waals surface area contributed by atoms with Gasteiger partial charge in [-0.3, -0.25) is 4.79 Å². The van der Waals surface area contributed by atoms with E-state index in [0.29, 0.717) is 25.1 Å². The van der Waals surface area contributed by atoms with Crippen LogP contribution in [0, 0.1) is 0 Å². The Hall–Kier alpha value is -2.92. The quantitative estimate of drug-likeness (QED) is 0.259. The van der Waals surface area contributed by atoms with E-state index < -0.39 is 0 Å². The maximum Gasteiger partial charge on any atom is 0.232 e. The number of thiophene rings is 1. The van der Waals surface area contributed by atoms with Crippen molar-refractivity contribution >= 4 is 23.0 Å². The molecule has 0 saturated carbocycles. The molecule has 0 aliphatic rings. The number of nitrogens with zero attached hydrogens (tertiary/aromatic N) is 1. The minimum Gasteiger partial charge on any atom is -0.411 e. The Kier molecular flexibility index (Phi) is 6.77. The average Bonchev–Trinajstić information content (AvgIpc) is 3.24. The summed E-state index contributed by atoms with van der Waals surface area (Å²) in [6, 6.07) is 23.5. The van der Waals surface area contributed by atoms with E-state index in [1.807, 2.05) is 78.2 Å². The Morgan fingerprint density at radius 2 is 1.59 bits per heavy atom. The van der Waals surface area contributed by atoms with Gasteiger partial charge in [0, 0.05) is 6.54 Å². The summed E-state index contributed by atoms with van der Waals surface area (Å²) in [6.07, 6.45) is 1.32. The Morgan fingerprint density at radius 3 is 2.11 bits per heavy atom. The molecule has 4 nitrogen and oxygen atoms in total. The first-order valence-corrected chi connectivity index (χ1v) is 9.80. The van der Waals surface area contributed by atoms with Crippen LogP contribution in [-0.4, -0.2) is 23.4 Å². The smallest absolute Gasteiger partial charge is 0.232 e. The number of hydrogen-bond acceptors (Lipinski definition) is 4. The molecule has 0 atom stereocenters. The number of carbonyl (C=O) groups excluding carboxylic acids is 1. The number of nitrogens with one attached hydrogen (secondary N) is 1. The minimum atomic E-state index is -0.337. The second kappa shape index (κ2) is 9.69. The van der Waals surface area contributed by atoms with E-state index in [9.17, 15) is 10.0 Å². The molecule has 3 rings (SSSR count). The maximum atomic E-state index is 12.9. The summed E-state index contributed by atoms with van der Waals surface area (Å²) in [7, 11) is 0. The summed E-state index contributed by atoms with van der Waals surface area (Å²) < 4.78 is 0. The van der Waals surface area contributed by atoms with E-state index in [1.54, 1.807) is 11.3 Å². The highest BCUT2D eigenvalue weighted by atomic mass is 32.1. The molecule has 5 heteroatoms. The standard InChI is InChI=1S/C22H22N2O2S/c25-22(23-15-7-13-19(24-26)20-14-8-16-27-20)21(17-9-3-1-4-10-17)18-11-5-2-6-12-18/h1-6,8-12,14,16,21,26H,7,13,15H2,(H,23,25)/b24-19+. The van der Waals surface area contributed by atoms with Crippen molar-refractivity contribution in [1.29, 1.82) is 0 Å². The fourth-order valence-corrected chi connectivity index (χ4v) is 3.76. The SMILES string of the molecule is O=C(NCCC/C(=N\O)c1cccs1)C(c1ccccc1)c1ccccc1. The molecule has 1 aromatic heterocycles. The van der Waals surface area contributed by atoms with Gasteiger partial charge in [0.15, 0.2) is 0 Å². The fraction of sp³-hybridized carbons (Fsp3) is 0.182. The number of hydrogen-bond donors (Lipinski definition) is 2. The van der Waals surface area contributed by atoms with Crippen molar-refractivity contribution in [3.8, 4) is 0 Å². The molecule has 0 aliphatic carbocycles. The molecule has 0 aliphatic heterocycles. The lowest BCUT2D eigenvalue weighted by Crippen LogP contribution is -2.31. The molecule has 138 valence electrons. The van der Waals surface area contributed by atoms with Crippen LogP contribution in [-0.2, 0) is 4.79 Å². The van der Waals surface area contributed by atoms with Gasteiger partial charge in [-0.2, -0.15) is 0 Å². The van der Waals surface area contributed by atoms with Gasteiger partial charge in [0.25, 0.3) is 0 Å². The fourth-order valence-electron chi connectivity index (χ4n) is 3.02. The minimum absolute atomic E-state index is 0.0222. The molecule has 0 unspecified atom stereocenters. The highest BCUT2D eigenvalue weighted by Gasteiger charge is 2.22. The van der Waals surface area contributed by atoms with Crippen molar-refractivity contribution < 1.29 is 10.0 Å². The van der Waals surface area contributed by atoms with Gasteiger partial charge >= 0.3 is 0 Å². The van der Waals surface area contributed by atoms with Gasteiger partial charge in [-0.25, -0.2) is 0 Å². The summed E-state index contributed by atoms with van der Waals surface area (Å²) in [4.78, 5) is 13.9. The van der Waals surface area contributed by atoms with Crippen LogP contribution in [0.5, 0.6) is 0 Å². The summed E-state index contributed by atoms with van der Waals surface area (Å²) in [6.45, 7) is 0.527. The van der Waals surface area contributed by atoms with Crippen LogP contribution in [0.1, 0.15) is 34.8 Å². The van der Waals surface area contributed by atoms with E-state index in [1.165, 1.54) is 0 Å². The predicted octanol–water partition coefficient (Wildman–Crippen LogP) is 4.65. The highest BCUT2D eigenvalue weighted by Crippen LogP contribution is 2.24. The van der Waals surface area contributed by atoms with E-state index in [-0.39, 0.29) is 11.8 Å². The van der Waals surface area contributed by atoms with Gasteiger partial charge in [-0.05, 0) is 35.4 Å². The third kappa shape index (κ3) is 5.05. The molecule has 0 fully saturated rings. The first-order valence-electron chi connectivity index (χ1n) is 8.92. The summed E-state index contributed by atoms with van der Waals surface area (Å²) >= 11 is 1.54. The van der Waals surface area contributed by atoms with E-state index in [4.69, 9.17) is 0 Å². The molecule has 0 bridgehead atoms. The molecule has 0 spiro atoms. The van der Waals surface area contributed by atoms with Gasteiger partial charge in [0.2, 0.25) is 5.91 Å². The van der Waals surface area contributed by atoms with Crippen LogP contribution in [0.25, 0.3) is 0 Å². The molecule has 2 aromatic carbocycles. The van der Waals surface area contributed by atoms with Crippen molar-refractivity contribution in [2.75, 3.05) is 6.54 Å². The van der Waals surface area contributed by atoms with E-state index in [0.717, 1.165) is 16.0 Å². The first-order chi connectivity index (χ1) is 13.3. The number of rotatable bonds is 8. The Labute approximate surface area is 163 Å². The lowest BCUT2D eigenvalue weighted by Gasteiger charge is -2.18. The number of oxime groups is 1. The lowest BCUT2D eigenvalue weighted by molar-refractivity contribution is -0.121. The lowest BCUT2D eigenvalue weighted by atomic mass is 9.90. The zero-order valence-corrected chi connectivity index (χ0v) is 15.7. The maximum absolute atomic E-state index is 12.9. The van der Waals surface area contributed by atoms with Gasteiger partial charge in [-0.15, -0.1) is 11.3 Å². The van der Waals surface area contributed by atoms with Crippen LogP contribution >= 0.6 is 11.3 Å². The van der Waals surface area contributed by atoms with Crippen LogP contribution in [0.2, 0.25) is 0 Å². The first kappa shape index (κ1) is 18.9. The number of benzene rings is 2. The molecule has 1 heterocycles. The van der Waals surface area contributed by atoms with Crippen LogP contribution in [0.15, 0.2) is 83.3 Å². The van der Waals surface area contributed by atoms with Gasteiger partial charge in [0.05, 0.1) is 16.5 Å². The highest BCUT2D eigenvalue weighted by molar-refractivity contribution is 7.12. The Bertz CT molecular complexity index is 822. The normalized spacial score (nSPS) is 11.5. The third-order valence-corrected chi connectivity index (χ3v) is 5.26. The van der Waals surface area contributed by atoms with Gasteiger partial charge < -0.3 is 10.5 Å². The van der Waals surface area contributed by atoms with Crippen molar-refractivity contribution in [2.24, 2.45) is 5.16 Å². The zero-order valence-electron chi connectivity index (χ0n) is 14.9. The molecular formula is C22H22N2O2S. The van der Waals surface area contributed by atoms with E-state index >= 15 is 0 Å². The second-order valence-electron chi connectivity index (χ2n) is 6.17. The Balaban J connectivity index is 1.62. The molecule has 2 N–H and O–H groups in total. The predicted molar refractivity (Wildman–Crippen MR) is 110 cm³/mol. The average molecular weight is 378 g/mol. The van der Waals surface area contributed by atoms with Crippen molar-refractivity contribution in [3.63, 3.8) is 0 Å². The van der Waals surface area contributed by atoms with Crippen molar-refractivity contribution in [3.05, 3.63) is 94.2 Å². The number of amides is 1. The zero-order chi connectivity index (χ0) is 18.9. The molecule has 0 saturated heterocycles. The Morgan fingerprint density at radius 1 is 0.963 bits per heavy atom. The third-order valence-electron chi connectivity index (χ3n) is 4.34. The molecule has 0 radical (unpaired) electrons. The van der Waals surface area contributed by atoms with Crippen molar-refractivity contribution in [1.82, 2.24) is 5.32 Å². The summed E-state index contributed by atoms with van der Waals surface area (Å²) in [5, 5.41) is 17.6. The van der Waals surface area contributed by atoms with Crippen molar-refractivity contribution in [2.45, 2.75) is 18.8 Å². The van der Waals surface area contributed by atoms with Crippen LogP contribution in [0.4, 0.5) is 0 Å². The van der Waals surface area contributed by atoms with Gasteiger partial charge in [0.1, 0.15) is 0 Å². The molecular weight excluding hydrogens is 356 g/mol. The topological polar surface area (TPSA) is 61.7 Å². The van der Waals surface area contributed by atoms with Crippen LogP contribution < -0.4 is 5.32 Å². The summed E-state index contributed by atoms with van der Waals surface area (Å²) in [5.41, 5.74) is 2.59. The van der Waals surface area contributed by atoms with E-state index in [2.05, 4.69) is 10.5 Å². The molecule has 3 aromatic rings. The number of carbonyl (C=O) groups is 1. The van der Waals surface area contributed by atoms with Gasteiger partial charge in [-0.1, -0.05) is 71.9 Å². The largest absolute Gasteiger partial charge is 0.411 e. The van der Waals surface area contributed by atoms with Crippen LogP contribution in [0.3, 0.4) is 0 Å². The summed E-state index contributed by atoms with van der Waals surface area (Å²) in [5.74, 6) is -0.360. The second-order valence-corrected chi connectivity index (χ2v) is 7.12.